The molecule has 0 saturated heterocycles. The monoisotopic (exact) mass is 1100 g/mol. The summed E-state index contributed by atoms with van der Waals surface area (Å²) in [6, 6.07) is 58.2. The summed E-state index contributed by atoms with van der Waals surface area (Å²) in [5.74, 6) is 0.933. The SMILES string of the molecule is Cc1cc(-c2ccnc(-c3[c-]c(-c4cccc5c4nc(-c4cc(C(C)(C)C)cc(C(C)(C)C)c4O)n5-c4ccc(C(C)(C)C)cc4-c4ccccc4)cc(C(C)(C)C)c3)c2)ccc1-c1ccccc1.[Pt]. The molecule has 4 nitrogen and oxygen atoms in total. The number of fused-ring (bicyclic) bond motifs is 1. The van der Waals surface area contributed by atoms with Gasteiger partial charge < -0.3 is 5.11 Å². The molecule has 5 heteroatoms. The van der Waals surface area contributed by atoms with Crippen LogP contribution in [-0.4, -0.2) is 19.6 Å². The van der Waals surface area contributed by atoms with E-state index >= 15 is 0 Å². The topological polar surface area (TPSA) is 50.9 Å². The minimum absolute atomic E-state index is 0. The zero-order valence-electron chi connectivity index (χ0n) is 43.1. The van der Waals surface area contributed by atoms with Crippen molar-refractivity contribution in [2.24, 2.45) is 0 Å². The van der Waals surface area contributed by atoms with Crippen molar-refractivity contribution in [2.75, 3.05) is 0 Å². The molecule has 0 spiro atoms. The van der Waals surface area contributed by atoms with Gasteiger partial charge in [-0.25, -0.2) is 4.98 Å². The molecular formula is C65H66N3OPt-. The number of imidazole rings is 1. The molecule has 2 heterocycles. The fourth-order valence-electron chi connectivity index (χ4n) is 9.43. The summed E-state index contributed by atoms with van der Waals surface area (Å²) < 4.78 is 2.28. The van der Waals surface area contributed by atoms with Crippen LogP contribution in [-0.2, 0) is 42.7 Å². The number of phenolic OH excluding ortho intramolecular Hbond substituents is 1. The van der Waals surface area contributed by atoms with Crippen LogP contribution in [0, 0.1) is 13.0 Å². The molecule has 2 aromatic heterocycles. The van der Waals surface area contributed by atoms with Crippen molar-refractivity contribution in [3.8, 4) is 78.6 Å². The molecule has 0 unspecified atom stereocenters. The molecule has 0 atom stereocenters. The van der Waals surface area contributed by atoms with Gasteiger partial charge in [0, 0.05) is 44.1 Å². The molecule has 0 fully saturated rings. The number of rotatable bonds is 7. The molecular weight excluding hydrogens is 1030 g/mol. The van der Waals surface area contributed by atoms with Crippen molar-refractivity contribution >= 4 is 11.0 Å². The van der Waals surface area contributed by atoms with Crippen molar-refractivity contribution in [1.82, 2.24) is 14.5 Å². The average molecular weight is 1100 g/mol. The normalized spacial score (nSPS) is 12.3. The van der Waals surface area contributed by atoms with Gasteiger partial charge in [0.2, 0.25) is 0 Å². The Labute approximate surface area is 431 Å². The maximum Gasteiger partial charge on any atom is 0.148 e. The van der Waals surface area contributed by atoms with Crippen LogP contribution in [0.5, 0.6) is 5.75 Å². The van der Waals surface area contributed by atoms with Gasteiger partial charge in [-0.3, -0.25) is 9.55 Å². The molecule has 7 aromatic carbocycles. The summed E-state index contributed by atoms with van der Waals surface area (Å²) in [4.78, 5) is 10.7. The Morgan fingerprint density at radius 2 is 1.06 bits per heavy atom. The third kappa shape index (κ3) is 9.86. The number of aromatic nitrogens is 3. The Balaban J connectivity index is 0.00000659. The van der Waals surface area contributed by atoms with Crippen LogP contribution < -0.4 is 0 Å². The number of benzene rings is 7. The van der Waals surface area contributed by atoms with Gasteiger partial charge in [-0.1, -0.05) is 203 Å². The van der Waals surface area contributed by atoms with E-state index in [0.717, 1.165) is 72.5 Å². The molecule has 9 aromatic rings. The third-order valence-electron chi connectivity index (χ3n) is 13.6. The molecule has 70 heavy (non-hydrogen) atoms. The van der Waals surface area contributed by atoms with Crippen LogP contribution >= 0.6 is 0 Å². The fraction of sp³-hybridized carbons (Fsp3) is 0.262. The number of aromatic hydroxyl groups is 1. The minimum Gasteiger partial charge on any atom is -0.507 e. The summed E-state index contributed by atoms with van der Waals surface area (Å²) in [6.45, 7) is 28.9. The van der Waals surface area contributed by atoms with E-state index in [0.29, 0.717) is 11.4 Å². The molecule has 358 valence electrons. The van der Waals surface area contributed by atoms with Crippen LogP contribution in [0.3, 0.4) is 0 Å². The number of para-hydroxylation sites is 1. The molecule has 0 radical (unpaired) electrons. The van der Waals surface area contributed by atoms with Gasteiger partial charge in [0.15, 0.2) is 0 Å². The van der Waals surface area contributed by atoms with Crippen LogP contribution in [0.1, 0.15) is 111 Å². The first kappa shape index (κ1) is 50.0. The Bertz CT molecular complexity index is 3370. The predicted octanol–water partition coefficient (Wildman–Crippen LogP) is 17.4. The molecule has 0 aliphatic carbocycles. The van der Waals surface area contributed by atoms with Crippen molar-refractivity contribution in [2.45, 2.75) is 112 Å². The maximum atomic E-state index is 12.6. The van der Waals surface area contributed by atoms with Crippen LogP contribution in [0.2, 0.25) is 0 Å². The average Bonchev–Trinajstić information content (AvgIpc) is 3.70. The third-order valence-corrected chi connectivity index (χ3v) is 13.6. The standard InChI is InChI=1S/C65H66N3O.Pt/c1-41-33-44(27-29-51(41)42-21-16-14-17-22-42)45-31-32-66-56(37-45)47-34-46(35-49(36-47)63(5,6)7)52-25-20-26-58-59(52)67-61(54-39-50(64(8,9)10)40-55(60(54)69)65(11,12)13)68(58)57-30-28-48(62(2,3)4)38-53(57)43-23-18-15-19-24-43;/h14-33,35-40,69H,1-13H3;/q-1;. The molecule has 0 aliphatic heterocycles. The molecule has 0 amide bonds. The molecule has 0 saturated carbocycles. The van der Waals surface area contributed by atoms with E-state index in [1.54, 1.807) is 0 Å². The number of phenols is 1. The summed E-state index contributed by atoms with van der Waals surface area (Å²) in [5.41, 5.74) is 18.9. The summed E-state index contributed by atoms with van der Waals surface area (Å²) in [5, 5.41) is 12.6. The molecule has 1 N–H and O–H groups in total. The van der Waals surface area contributed by atoms with Gasteiger partial charge >= 0.3 is 0 Å². The van der Waals surface area contributed by atoms with Crippen molar-refractivity contribution in [3.63, 3.8) is 0 Å². The molecule has 0 bridgehead atoms. The van der Waals surface area contributed by atoms with E-state index in [9.17, 15) is 5.11 Å². The number of hydrogen-bond donors (Lipinski definition) is 1. The van der Waals surface area contributed by atoms with Gasteiger partial charge in [0.1, 0.15) is 11.6 Å². The van der Waals surface area contributed by atoms with Gasteiger partial charge in [-0.05, 0) is 103 Å². The summed E-state index contributed by atoms with van der Waals surface area (Å²) in [7, 11) is 0. The van der Waals surface area contributed by atoms with Crippen LogP contribution in [0.4, 0.5) is 0 Å². The first-order valence-electron chi connectivity index (χ1n) is 24.4. The zero-order chi connectivity index (χ0) is 49.2. The van der Waals surface area contributed by atoms with E-state index < -0.39 is 0 Å². The smallest absolute Gasteiger partial charge is 0.148 e. The van der Waals surface area contributed by atoms with Gasteiger partial charge in [0.05, 0.1) is 22.3 Å². The quantitative estimate of drug-likeness (QED) is 0.162. The molecule has 9 rings (SSSR count). The van der Waals surface area contributed by atoms with Crippen molar-refractivity contribution in [1.29, 1.82) is 0 Å². The second-order valence-corrected chi connectivity index (χ2v) is 23.0. The Hall–Kier alpha value is -6.35. The Morgan fingerprint density at radius 3 is 1.67 bits per heavy atom. The largest absolute Gasteiger partial charge is 0.507 e. The second kappa shape index (κ2) is 18.8. The maximum absolute atomic E-state index is 12.6. The number of hydrogen-bond acceptors (Lipinski definition) is 3. The molecule has 0 aliphatic rings. The van der Waals surface area contributed by atoms with Gasteiger partial charge in [-0.15, -0.1) is 29.3 Å². The summed E-state index contributed by atoms with van der Waals surface area (Å²) >= 11 is 0. The van der Waals surface area contributed by atoms with Crippen LogP contribution in [0.15, 0.2) is 158 Å². The Kier molecular flexibility index (Phi) is 13.4. The Morgan fingerprint density at radius 1 is 0.471 bits per heavy atom. The van der Waals surface area contributed by atoms with Crippen molar-refractivity contribution in [3.05, 3.63) is 192 Å². The summed E-state index contributed by atoms with van der Waals surface area (Å²) in [6.07, 6.45) is 1.91. The van der Waals surface area contributed by atoms with Crippen LogP contribution in [0.25, 0.3) is 83.9 Å². The van der Waals surface area contributed by atoms with E-state index in [1.165, 1.54) is 27.8 Å². The predicted molar refractivity (Wildman–Crippen MR) is 292 cm³/mol. The first-order valence-corrected chi connectivity index (χ1v) is 24.4. The van der Waals surface area contributed by atoms with E-state index in [4.69, 9.17) is 9.97 Å². The minimum atomic E-state index is -0.333. The fourth-order valence-corrected chi connectivity index (χ4v) is 9.43. The number of pyridine rings is 1. The second-order valence-electron chi connectivity index (χ2n) is 23.0. The first-order chi connectivity index (χ1) is 32.6. The van der Waals surface area contributed by atoms with Gasteiger partial charge in [-0.2, -0.15) is 0 Å². The van der Waals surface area contributed by atoms with E-state index in [1.807, 2.05) is 6.20 Å². The number of nitrogens with zero attached hydrogens (tertiary/aromatic N) is 3. The van der Waals surface area contributed by atoms with Gasteiger partial charge in [0.25, 0.3) is 0 Å². The van der Waals surface area contributed by atoms with E-state index in [-0.39, 0.29) is 48.5 Å². The number of aryl methyl sites for hydroxylation is 1. The van der Waals surface area contributed by atoms with E-state index in [2.05, 4.69) is 252 Å². The zero-order valence-corrected chi connectivity index (χ0v) is 45.4. The van der Waals surface area contributed by atoms with Crippen molar-refractivity contribution < 1.29 is 26.2 Å².